The fourth-order valence-corrected chi connectivity index (χ4v) is 1.14. The average molecular weight is 229 g/mol. The Morgan fingerprint density at radius 1 is 1.60 bits per heavy atom. The van der Waals surface area contributed by atoms with Gasteiger partial charge in [0.2, 0.25) is 0 Å². The van der Waals surface area contributed by atoms with Crippen LogP contribution in [0.2, 0.25) is 5.02 Å². The molecule has 1 rings (SSSR count). The molecule has 1 aromatic carbocycles. The maximum absolute atomic E-state index is 12.6. The third-order valence-electron chi connectivity index (χ3n) is 1.63. The molecule has 0 aromatic heterocycles. The Morgan fingerprint density at radius 3 is 2.80 bits per heavy atom. The van der Waals surface area contributed by atoms with Crippen LogP contribution in [0.3, 0.4) is 0 Å². The summed E-state index contributed by atoms with van der Waals surface area (Å²) in [5, 5.41) is 0.386. The van der Waals surface area contributed by atoms with Gasteiger partial charge in [0.1, 0.15) is 12.4 Å². The van der Waals surface area contributed by atoms with Crippen LogP contribution in [0.15, 0.2) is 30.4 Å². The first-order valence-corrected chi connectivity index (χ1v) is 4.65. The zero-order valence-electron chi connectivity index (χ0n) is 8.22. The molecule has 0 amide bonds. The second kappa shape index (κ2) is 4.94. The van der Waals surface area contributed by atoms with Crippen molar-refractivity contribution >= 4 is 17.6 Å². The van der Waals surface area contributed by atoms with Gasteiger partial charge < -0.3 is 4.74 Å². The highest BCUT2D eigenvalue weighted by Gasteiger charge is 2.12. The van der Waals surface area contributed by atoms with Gasteiger partial charge in [-0.3, -0.25) is 4.79 Å². The van der Waals surface area contributed by atoms with Crippen LogP contribution in [0.5, 0.6) is 5.75 Å². The van der Waals surface area contributed by atoms with Gasteiger partial charge in [-0.2, -0.15) is 4.39 Å². The van der Waals surface area contributed by atoms with Crippen LogP contribution in [-0.2, 0) is 0 Å². The highest BCUT2D eigenvalue weighted by molar-refractivity contribution is 6.30. The van der Waals surface area contributed by atoms with Gasteiger partial charge in [0.25, 0.3) is 0 Å². The SMILES string of the molecule is C=C(C)COc1cc(Cl)ccc1C(=O)F. The van der Waals surface area contributed by atoms with E-state index >= 15 is 0 Å². The molecule has 80 valence electrons. The normalized spacial score (nSPS) is 9.80. The lowest BCUT2D eigenvalue weighted by Gasteiger charge is -2.08. The number of carbonyl (C=O) groups is 1. The number of hydrogen-bond donors (Lipinski definition) is 0. The lowest BCUT2D eigenvalue weighted by Crippen LogP contribution is -2.02. The van der Waals surface area contributed by atoms with Crippen molar-refractivity contribution in [2.24, 2.45) is 0 Å². The predicted molar refractivity (Wildman–Crippen MR) is 57.2 cm³/mol. The van der Waals surface area contributed by atoms with E-state index in [1.807, 2.05) is 0 Å². The van der Waals surface area contributed by atoms with Gasteiger partial charge in [-0.25, -0.2) is 0 Å². The summed E-state index contributed by atoms with van der Waals surface area (Å²) in [7, 11) is 0. The molecule has 4 heteroatoms. The largest absolute Gasteiger partial charge is 0.488 e. The smallest absolute Gasteiger partial charge is 0.335 e. The lowest BCUT2D eigenvalue weighted by atomic mass is 10.2. The summed E-state index contributed by atoms with van der Waals surface area (Å²) >= 11 is 5.70. The molecule has 2 nitrogen and oxygen atoms in total. The molecule has 0 fully saturated rings. The molecule has 0 aliphatic carbocycles. The molecule has 0 spiro atoms. The molecule has 0 bridgehead atoms. The molecule has 1 aromatic rings. The second-order valence-electron chi connectivity index (χ2n) is 3.16. The van der Waals surface area contributed by atoms with E-state index in [4.69, 9.17) is 16.3 Å². The average Bonchev–Trinajstić information content (AvgIpc) is 2.14. The van der Waals surface area contributed by atoms with E-state index < -0.39 is 6.04 Å². The molecule has 0 aliphatic heterocycles. The van der Waals surface area contributed by atoms with Crippen LogP contribution < -0.4 is 4.74 Å². The van der Waals surface area contributed by atoms with E-state index in [-0.39, 0.29) is 17.9 Å². The van der Waals surface area contributed by atoms with E-state index in [0.717, 1.165) is 5.57 Å². The van der Waals surface area contributed by atoms with E-state index in [9.17, 15) is 9.18 Å². The zero-order valence-corrected chi connectivity index (χ0v) is 8.97. The van der Waals surface area contributed by atoms with Gasteiger partial charge in [-0.05, 0) is 30.7 Å². The lowest BCUT2D eigenvalue weighted by molar-refractivity contribution is 0.0832. The fourth-order valence-electron chi connectivity index (χ4n) is 0.979. The number of hydrogen-bond acceptors (Lipinski definition) is 2. The van der Waals surface area contributed by atoms with E-state index in [1.165, 1.54) is 18.2 Å². The summed E-state index contributed by atoms with van der Waals surface area (Å²) in [5.41, 5.74) is 0.646. The minimum atomic E-state index is -1.54. The van der Waals surface area contributed by atoms with Crippen LogP contribution in [-0.4, -0.2) is 12.6 Å². The van der Waals surface area contributed by atoms with Crippen LogP contribution >= 0.6 is 11.6 Å². The highest BCUT2D eigenvalue weighted by atomic mass is 35.5. The van der Waals surface area contributed by atoms with Gasteiger partial charge in [-0.1, -0.05) is 18.2 Å². The summed E-state index contributed by atoms with van der Waals surface area (Å²) in [6.07, 6.45) is 0. The standard InChI is InChI=1S/C11H10ClFO2/c1-7(2)6-15-10-5-8(12)3-4-9(10)11(13)14/h3-5H,1,6H2,2H3. The Balaban J connectivity index is 2.96. The molecular formula is C11H10ClFO2. The van der Waals surface area contributed by atoms with Crippen LogP contribution in [0.25, 0.3) is 0 Å². The Morgan fingerprint density at radius 2 is 2.27 bits per heavy atom. The van der Waals surface area contributed by atoms with Gasteiger partial charge >= 0.3 is 6.04 Å². The van der Waals surface area contributed by atoms with Crippen molar-refractivity contribution in [2.45, 2.75) is 6.92 Å². The molecule has 0 atom stereocenters. The highest BCUT2D eigenvalue weighted by Crippen LogP contribution is 2.24. The second-order valence-corrected chi connectivity index (χ2v) is 3.60. The summed E-state index contributed by atoms with van der Waals surface area (Å²) in [6.45, 7) is 5.62. The minimum Gasteiger partial charge on any atom is -0.488 e. The van der Waals surface area contributed by atoms with Gasteiger partial charge in [0.15, 0.2) is 0 Å². The van der Waals surface area contributed by atoms with Crippen molar-refractivity contribution in [2.75, 3.05) is 6.61 Å². The monoisotopic (exact) mass is 228 g/mol. The van der Waals surface area contributed by atoms with Gasteiger partial charge in [0, 0.05) is 5.02 Å². The number of rotatable bonds is 4. The molecular weight excluding hydrogens is 219 g/mol. The molecule has 0 radical (unpaired) electrons. The Hall–Kier alpha value is -1.35. The van der Waals surface area contributed by atoms with Crippen molar-refractivity contribution < 1.29 is 13.9 Å². The number of benzene rings is 1. The van der Waals surface area contributed by atoms with Crippen molar-refractivity contribution in [1.82, 2.24) is 0 Å². The quantitative estimate of drug-likeness (QED) is 0.583. The van der Waals surface area contributed by atoms with E-state index in [2.05, 4.69) is 6.58 Å². The van der Waals surface area contributed by atoms with Crippen molar-refractivity contribution in [3.05, 3.63) is 40.9 Å². The van der Waals surface area contributed by atoms with E-state index in [0.29, 0.717) is 5.02 Å². The summed E-state index contributed by atoms with van der Waals surface area (Å²) in [5.74, 6) is 0.137. The first-order chi connectivity index (χ1) is 7.00. The number of carbonyl (C=O) groups excluding carboxylic acids is 1. The minimum absolute atomic E-state index is 0.124. The topological polar surface area (TPSA) is 26.3 Å². The Bertz CT molecular complexity index is 402. The molecule has 15 heavy (non-hydrogen) atoms. The van der Waals surface area contributed by atoms with Crippen molar-refractivity contribution in [1.29, 1.82) is 0 Å². The number of ether oxygens (including phenoxy) is 1. The maximum Gasteiger partial charge on any atom is 0.335 e. The van der Waals surface area contributed by atoms with Crippen molar-refractivity contribution in [3.8, 4) is 5.75 Å². The van der Waals surface area contributed by atoms with Gasteiger partial charge in [-0.15, -0.1) is 0 Å². The van der Waals surface area contributed by atoms with E-state index in [1.54, 1.807) is 6.92 Å². The summed E-state index contributed by atoms with van der Waals surface area (Å²) in [6, 6.07) is 2.58. The third kappa shape index (κ3) is 3.36. The third-order valence-corrected chi connectivity index (χ3v) is 1.86. The maximum atomic E-state index is 12.6. The molecule has 0 saturated carbocycles. The summed E-state index contributed by atoms with van der Waals surface area (Å²) < 4.78 is 17.8. The first-order valence-electron chi connectivity index (χ1n) is 4.27. The summed E-state index contributed by atoms with van der Waals surface area (Å²) in [4.78, 5) is 10.6. The zero-order chi connectivity index (χ0) is 11.4. The Labute approximate surface area is 92.3 Å². The molecule has 0 saturated heterocycles. The Kier molecular flexibility index (Phi) is 3.86. The fraction of sp³-hybridized carbons (Fsp3) is 0.182. The van der Waals surface area contributed by atoms with Gasteiger partial charge in [0.05, 0.1) is 5.56 Å². The van der Waals surface area contributed by atoms with Crippen LogP contribution in [0.1, 0.15) is 17.3 Å². The van der Waals surface area contributed by atoms with Crippen LogP contribution in [0, 0.1) is 0 Å². The van der Waals surface area contributed by atoms with Crippen LogP contribution in [0.4, 0.5) is 4.39 Å². The number of halogens is 2. The molecule has 0 heterocycles. The molecule has 0 aliphatic rings. The first kappa shape index (κ1) is 11.7. The van der Waals surface area contributed by atoms with Crippen molar-refractivity contribution in [3.63, 3.8) is 0 Å². The predicted octanol–water partition coefficient (Wildman–Crippen LogP) is 3.40. The molecule has 0 N–H and O–H groups in total. The molecule has 0 unspecified atom stereocenters.